The Labute approximate surface area is 132 Å². The van der Waals surface area contributed by atoms with E-state index in [0.717, 1.165) is 36.2 Å². The molecule has 2 heterocycles. The Morgan fingerprint density at radius 2 is 2.35 bits per heavy atom. The molecule has 3 rings (SSSR count). The second kappa shape index (κ2) is 6.29. The smallest absolute Gasteiger partial charge is 0.127 e. The summed E-state index contributed by atoms with van der Waals surface area (Å²) >= 11 is 5.34. The van der Waals surface area contributed by atoms with Crippen molar-refractivity contribution in [3.63, 3.8) is 0 Å². The van der Waals surface area contributed by atoms with Crippen molar-refractivity contribution < 1.29 is 4.74 Å². The fourth-order valence-electron chi connectivity index (χ4n) is 2.60. The third-order valence-corrected chi connectivity index (χ3v) is 5.28. The summed E-state index contributed by atoms with van der Waals surface area (Å²) in [5.41, 5.74) is 2.60. The van der Waals surface area contributed by atoms with Crippen LogP contribution in [0.25, 0.3) is 0 Å². The standard InChI is InChI=1S/C16H18BrNOS/c1-2-7-18-15(14-9-12(17)10-20-14)13-5-3-4-11-6-8-19-16(11)13/h3-5,9-10,15,18H,2,6-8H2,1H3. The van der Waals surface area contributed by atoms with Gasteiger partial charge in [0.15, 0.2) is 0 Å². The highest BCUT2D eigenvalue weighted by molar-refractivity contribution is 9.10. The number of benzene rings is 1. The summed E-state index contributed by atoms with van der Waals surface area (Å²) in [6, 6.07) is 8.93. The zero-order valence-corrected chi connectivity index (χ0v) is 13.9. The monoisotopic (exact) mass is 351 g/mol. The molecular formula is C16H18BrNOS. The Morgan fingerprint density at radius 1 is 1.45 bits per heavy atom. The average Bonchev–Trinajstić information content (AvgIpc) is 3.08. The van der Waals surface area contributed by atoms with Crippen molar-refractivity contribution in [1.82, 2.24) is 5.32 Å². The number of ether oxygens (including phenoxy) is 1. The van der Waals surface area contributed by atoms with Gasteiger partial charge in [0.2, 0.25) is 0 Å². The van der Waals surface area contributed by atoms with Crippen LogP contribution in [-0.2, 0) is 6.42 Å². The first-order valence-corrected chi connectivity index (χ1v) is 8.68. The van der Waals surface area contributed by atoms with Gasteiger partial charge in [0.05, 0.1) is 12.6 Å². The number of thiophene rings is 1. The lowest BCUT2D eigenvalue weighted by Crippen LogP contribution is -2.22. The number of hydrogen-bond acceptors (Lipinski definition) is 3. The van der Waals surface area contributed by atoms with E-state index in [1.54, 1.807) is 11.3 Å². The molecule has 20 heavy (non-hydrogen) atoms. The van der Waals surface area contributed by atoms with E-state index >= 15 is 0 Å². The second-order valence-electron chi connectivity index (χ2n) is 4.99. The van der Waals surface area contributed by atoms with E-state index in [9.17, 15) is 0 Å². The molecule has 0 radical (unpaired) electrons. The van der Waals surface area contributed by atoms with E-state index in [1.165, 1.54) is 16.0 Å². The molecule has 0 bridgehead atoms. The number of hydrogen-bond donors (Lipinski definition) is 1. The van der Waals surface area contributed by atoms with E-state index in [1.807, 2.05) is 0 Å². The third kappa shape index (κ3) is 2.78. The first-order valence-electron chi connectivity index (χ1n) is 7.01. The zero-order valence-electron chi connectivity index (χ0n) is 11.5. The predicted molar refractivity (Wildman–Crippen MR) is 87.8 cm³/mol. The van der Waals surface area contributed by atoms with Crippen LogP contribution < -0.4 is 10.1 Å². The molecular weight excluding hydrogens is 334 g/mol. The van der Waals surface area contributed by atoms with Crippen molar-refractivity contribution >= 4 is 27.3 Å². The molecule has 1 aliphatic rings. The zero-order chi connectivity index (χ0) is 13.9. The fraction of sp³-hybridized carbons (Fsp3) is 0.375. The van der Waals surface area contributed by atoms with Gasteiger partial charge in [-0.3, -0.25) is 0 Å². The van der Waals surface area contributed by atoms with Gasteiger partial charge in [0.25, 0.3) is 0 Å². The topological polar surface area (TPSA) is 21.3 Å². The summed E-state index contributed by atoms with van der Waals surface area (Å²) in [6.07, 6.45) is 2.15. The van der Waals surface area contributed by atoms with Crippen molar-refractivity contribution in [3.05, 3.63) is 50.1 Å². The molecule has 1 aromatic carbocycles. The summed E-state index contributed by atoms with van der Waals surface area (Å²) in [4.78, 5) is 1.33. The van der Waals surface area contributed by atoms with Crippen LogP contribution in [-0.4, -0.2) is 13.2 Å². The molecule has 0 fully saturated rings. The van der Waals surface area contributed by atoms with Crippen LogP contribution >= 0.6 is 27.3 Å². The molecule has 1 unspecified atom stereocenters. The van der Waals surface area contributed by atoms with Crippen LogP contribution in [0.3, 0.4) is 0 Å². The molecule has 0 spiro atoms. The minimum Gasteiger partial charge on any atom is -0.493 e. The molecule has 0 saturated carbocycles. The minimum atomic E-state index is 0.222. The molecule has 2 aromatic rings. The Balaban J connectivity index is 1.99. The summed E-state index contributed by atoms with van der Waals surface area (Å²) in [5.74, 6) is 1.09. The fourth-order valence-corrected chi connectivity index (χ4v) is 4.14. The van der Waals surface area contributed by atoms with E-state index in [2.05, 4.69) is 57.8 Å². The van der Waals surface area contributed by atoms with Gasteiger partial charge in [-0.05, 0) is 40.5 Å². The summed E-state index contributed by atoms with van der Waals surface area (Å²) in [6.45, 7) is 4.01. The maximum atomic E-state index is 5.87. The van der Waals surface area contributed by atoms with Crippen molar-refractivity contribution in [2.24, 2.45) is 0 Å². The van der Waals surface area contributed by atoms with E-state index in [-0.39, 0.29) is 6.04 Å². The lowest BCUT2D eigenvalue weighted by molar-refractivity contribution is 0.350. The van der Waals surface area contributed by atoms with Gasteiger partial charge >= 0.3 is 0 Å². The van der Waals surface area contributed by atoms with E-state index in [4.69, 9.17) is 4.74 Å². The molecule has 0 amide bonds. The Hall–Kier alpha value is -0.840. The van der Waals surface area contributed by atoms with Gasteiger partial charge in [-0.1, -0.05) is 25.1 Å². The van der Waals surface area contributed by atoms with Crippen molar-refractivity contribution in [1.29, 1.82) is 0 Å². The molecule has 106 valence electrons. The normalized spacial score (nSPS) is 14.9. The first-order chi connectivity index (χ1) is 9.79. The molecule has 1 N–H and O–H groups in total. The van der Waals surface area contributed by atoms with Crippen LogP contribution in [0.5, 0.6) is 5.75 Å². The predicted octanol–water partition coefficient (Wildman–Crippen LogP) is 4.53. The van der Waals surface area contributed by atoms with Gasteiger partial charge in [-0.25, -0.2) is 0 Å². The van der Waals surface area contributed by atoms with Crippen LogP contribution in [0, 0.1) is 0 Å². The molecule has 4 heteroatoms. The lowest BCUT2D eigenvalue weighted by atomic mass is 10.0. The molecule has 1 atom stereocenters. The third-order valence-electron chi connectivity index (χ3n) is 3.53. The number of para-hydroxylation sites is 1. The largest absolute Gasteiger partial charge is 0.493 e. The summed E-state index contributed by atoms with van der Waals surface area (Å²) in [7, 11) is 0. The SMILES string of the molecule is CCCNC(c1cc(Br)cs1)c1cccc2c1OCC2. The molecule has 1 aromatic heterocycles. The van der Waals surface area contributed by atoms with Crippen LogP contribution in [0.4, 0.5) is 0 Å². The Kier molecular flexibility index (Phi) is 4.44. The maximum Gasteiger partial charge on any atom is 0.127 e. The van der Waals surface area contributed by atoms with Gasteiger partial charge < -0.3 is 10.1 Å². The molecule has 2 nitrogen and oxygen atoms in total. The minimum absolute atomic E-state index is 0.222. The van der Waals surface area contributed by atoms with Crippen LogP contribution in [0.2, 0.25) is 0 Å². The number of halogens is 1. The highest BCUT2D eigenvalue weighted by atomic mass is 79.9. The van der Waals surface area contributed by atoms with E-state index < -0.39 is 0 Å². The summed E-state index contributed by atoms with van der Waals surface area (Å²) < 4.78 is 7.02. The highest BCUT2D eigenvalue weighted by Crippen LogP contribution is 2.38. The highest BCUT2D eigenvalue weighted by Gasteiger charge is 2.23. The quantitative estimate of drug-likeness (QED) is 0.853. The maximum absolute atomic E-state index is 5.87. The second-order valence-corrected chi connectivity index (χ2v) is 6.85. The van der Waals surface area contributed by atoms with Crippen molar-refractivity contribution in [2.45, 2.75) is 25.8 Å². The summed E-state index contributed by atoms with van der Waals surface area (Å²) in [5, 5.41) is 5.79. The Bertz CT molecular complexity index is 596. The van der Waals surface area contributed by atoms with Gasteiger partial charge in [0.1, 0.15) is 5.75 Å². The van der Waals surface area contributed by atoms with E-state index in [0.29, 0.717) is 0 Å². The lowest BCUT2D eigenvalue weighted by Gasteiger charge is -2.20. The van der Waals surface area contributed by atoms with Crippen molar-refractivity contribution in [3.8, 4) is 5.75 Å². The van der Waals surface area contributed by atoms with Crippen molar-refractivity contribution in [2.75, 3.05) is 13.2 Å². The number of rotatable bonds is 5. The average molecular weight is 352 g/mol. The van der Waals surface area contributed by atoms with Crippen LogP contribution in [0.1, 0.15) is 35.4 Å². The molecule has 0 saturated heterocycles. The number of fused-ring (bicyclic) bond motifs is 1. The van der Waals surface area contributed by atoms with Gasteiger partial charge in [-0.15, -0.1) is 11.3 Å². The van der Waals surface area contributed by atoms with Gasteiger partial charge in [-0.2, -0.15) is 0 Å². The Morgan fingerprint density at radius 3 is 3.10 bits per heavy atom. The molecule has 0 aliphatic carbocycles. The number of nitrogens with one attached hydrogen (secondary N) is 1. The molecule has 1 aliphatic heterocycles. The first kappa shape index (κ1) is 14.1. The van der Waals surface area contributed by atoms with Gasteiger partial charge in [0, 0.05) is 26.7 Å². The van der Waals surface area contributed by atoms with Crippen LogP contribution in [0.15, 0.2) is 34.1 Å².